The highest BCUT2D eigenvalue weighted by molar-refractivity contribution is 8.04. The van der Waals surface area contributed by atoms with Gasteiger partial charge in [0.05, 0.1) is 11.5 Å². The van der Waals surface area contributed by atoms with E-state index in [9.17, 15) is 4.79 Å². The number of rotatable bonds is 11. The molecule has 0 radical (unpaired) electrons. The van der Waals surface area contributed by atoms with Crippen molar-refractivity contribution in [3.63, 3.8) is 0 Å². The molecule has 2 aromatic rings. The van der Waals surface area contributed by atoms with E-state index in [1.54, 1.807) is 11.8 Å². The van der Waals surface area contributed by atoms with Crippen LogP contribution in [0.15, 0.2) is 52.3 Å². The molecule has 0 saturated heterocycles. The van der Waals surface area contributed by atoms with Gasteiger partial charge in [-0.3, -0.25) is 4.79 Å². The molecule has 0 atom stereocenters. The Balaban J connectivity index is 1.56. The van der Waals surface area contributed by atoms with Gasteiger partial charge in [-0.1, -0.05) is 88.9 Å². The Bertz CT molecular complexity index is 865. The van der Waals surface area contributed by atoms with Crippen LogP contribution >= 0.6 is 11.8 Å². The fourth-order valence-corrected chi connectivity index (χ4v) is 4.78. The van der Waals surface area contributed by atoms with Gasteiger partial charge in [0.15, 0.2) is 0 Å². The molecule has 0 saturated carbocycles. The zero-order chi connectivity index (χ0) is 21.3. The number of ketones is 1. The maximum atomic E-state index is 12.8. The molecule has 0 unspecified atom stereocenters. The molecule has 0 fully saturated rings. The van der Waals surface area contributed by atoms with Crippen molar-refractivity contribution in [2.75, 3.05) is 6.61 Å². The summed E-state index contributed by atoms with van der Waals surface area (Å²) in [6.45, 7) is 7.44. The van der Waals surface area contributed by atoms with Crippen LogP contribution in [0.2, 0.25) is 0 Å². The lowest BCUT2D eigenvalue weighted by atomic mass is 10.0. The van der Waals surface area contributed by atoms with Gasteiger partial charge in [-0.25, -0.2) is 0 Å². The molecule has 2 nitrogen and oxygen atoms in total. The number of thioether (sulfide) groups is 1. The molecule has 30 heavy (non-hydrogen) atoms. The van der Waals surface area contributed by atoms with Crippen molar-refractivity contribution in [2.24, 2.45) is 5.92 Å². The average molecular weight is 423 g/mol. The molecule has 0 N–H and O–H groups in total. The molecule has 0 bridgehead atoms. The maximum Gasteiger partial charge on any atom is 0.200 e. The van der Waals surface area contributed by atoms with E-state index in [-0.39, 0.29) is 5.78 Å². The van der Waals surface area contributed by atoms with Crippen LogP contribution in [0.25, 0.3) is 6.08 Å². The minimum Gasteiger partial charge on any atom is -0.494 e. The molecule has 3 rings (SSSR count). The van der Waals surface area contributed by atoms with Crippen molar-refractivity contribution in [3.8, 4) is 5.75 Å². The lowest BCUT2D eigenvalue weighted by molar-refractivity contribution is 0.104. The quantitative estimate of drug-likeness (QED) is 0.271. The van der Waals surface area contributed by atoms with Crippen LogP contribution in [-0.4, -0.2) is 12.4 Å². The largest absolute Gasteiger partial charge is 0.494 e. The van der Waals surface area contributed by atoms with Crippen LogP contribution in [0.5, 0.6) is 5.75 Å². The van der Waals surface area contributed by atoms with E-state index in [0.29, 0.717) is 5.92 Å². The Morgan fingerprint density at radius 2 is 1.70 bits per heavy atom. The second-order valence-electron chi connectivity index (χ2n) is 8.55. The summed E-state index contributed by atoms with van der Waals surface area (Å²) in [7, 11) is 0. The summed E-state index contributed by atoms with van der Waals surface area (Å²) in [5, 5.41) is 0. The second-order valence-corrected chi connectivity index (χ2v) is 9.64. The van der Waals surface area contributed by atoms with Gasteiger partial charge >= 0.3 is 0 Å². The van der Waals surface area contributed by atoms with Crippen molar-refractivity contribution in [1.82, 2.24) is 0 Å². The number of benzene rings is 2. The highest BCUT2D eigenvalue weighted by Crippen LogP contribution is 2.42. The fourth-order valence-electron chi connectivity index (χ4n) is 3.70. The monoisotopic (exact) mass is 422 g/mol. The number of hydrogen-bond donors (Lipinski definition) is 0. The third kappa shape index (κ3) is 6.50. The first kappa shape index (κ1) is 22.7. The van der Waals surface area contributed by atoms with Gasteiger partial charge in [0, 0.05) is 10.5 Å². The van der Waals surface area contributed by atoms with Gasteiger partial charge in [-0.2, -0.15) is 0 Å². The Labute approximate surface area is 186 Å². The van der Waals surface area contributed by atoms with Crippen molar-refractivity contribution in [3.05, 3.63) is 64.1 Å². The highest BCUT2D eigenvalue weighted by atomic mass is 32.2. The van der Waals surface area contributed by atoms with Crippen molar-refractivity contribution in [1.29, 1.82) is 0 Å². The minimum absolute atomic E-state index is 0.115. The molecule has 1 heterocycles. The van der Waals surface area contributed by atoms with Crippen molar-refractivity contribution >= 4 is 23.6 Å². The number of Topliss-reactive ketones (excluding diaryl/α,β-unsaturated/α-hetero) is 1. The van der Waals surface area contributed by atoms with Gasteiger partial charge in [0.25, 0.3) is 0 Å². The zero-order valence-corrected chi connectivity index (χ0v) is 19.4. The molecule has 0 aromatic heterocycles. The summed E-state index contributed by atoms with van der Waals surface area (Å²) in [5.74, 6) is 1.62. The summed E-state index contributed by atoms with van der Waals surface area (Å²) in [5.41, 5.74) is 3.20. The van der Waals surface area contributed by atoms with Crippen LogP contribution < -0.4 is 4.74 Å². The van der Waals surface area contributed by atoms with E-state index in [1.165, 1.54) is 37.7 Å². The van der Waals surface area contributed by atoms with Gasteiger partial charge in [0.1, 0.15) is 5.75 Å². The van der Waals surface area contributed by atoms with E-state index in [1.807, 2.05) is 24.3 Å². The molecule has 0 spiro atoms. The van der Waals surface area contributed by atoms with E-state index in [4.69, 9.17) is 4.74 Å². The average Bonchev–Trinajstić information content (AvgIpc) is 3.03. The first-order chi connectivity index (χ1) is 14.6. The number of fused-ring (bicyclic) bond motifs is 1. The Morgan fingerprint density at radius 1 is 0.967 bits per heavy atom. The smallest absolute Gasteiger partial charge is 0.200 e. The molecule has 0 amide bonds. The SMILES string of the molecule is CCCCCCCCOc1ccc2c(c1)SC(=Cc1ccc(CC(C)C)cc1)C2=O. The lowest BCUT2D eigenvalue weighted by Crippen LogP contribution is -1.98. The number of carbonyl (C=O) groups is 1. The number of allylic oxidation sites excluding steroid dienone is 1. The van der Waals surface area contributed by atoms with Gasteiger partial charge in [-0.05, 0) is 54.2 Å². The summed E-state index contributed by atoms with van der Waals surface area (Å²) in [6.07, 6.45) is 10.6. The van der Waals surface area contributed by atoms with Crippen LogP contribution in [-0.2, 0) is 6.42 Å². The highest BCUT2D eigenvalue weighted by Gasteiger charge is 2.26. The molecular formula is C27H34O2S. The third-order valence-electron chi connectivity index (χ3n) is 5.33. The number of unbranched alkanes of at least 4 members (excludes halogenated alkanes) is 5. The summed E-state index contributed by atoms with van der Waals surface area (Å²) < 4.78 is 5.93. The van der Waals surface area contributed by atoms with Gasteiger partial charge in [0.2, 0.25) is 5.78 Å². The number of ether oxygens (including phenoxy) is 1. The van der Waals surface area contributed by atoms with E-state index >= 15 is 0 Å². The summed E-state index contributed by atoms with van der Waals surface area (Å²) in [4.78, 5) is 14.6. The maximum absolute atomic E-state index is 12.8. The predicted octanol–water partition coefficient (Wildman–Crippen LogP) is 7.95. The zero-order valence-electron chi connectivity index (χ0n) is 18.6. The molecule has 1 aliphatic rings. The molecule has 3 heteroatoms. The molecule has 160 valence electrons. The van der Waals surface area contributed by atoms with Gasteiger partial charge < -0.3 is 4.74 Å². The van der Waals surface area contributed by atoms with Crippen molar-refractivity contribution in [2.45, 2.75) is 70.6 Å². The van der Waals surface area contributed by atoms with E-state index < -0.39 is 0 Å². The lowest BCUT2D eigenvalue weighted by Gasteiger charge is -2.07. The molecule has 1 aliphatic heterocycles. The second kappa shape index (κ2) is 11.4. The fraction of sp³-hybridized carbons (Fsp3) is 0.444. The molecular weight excluding hydrogens is 388 g/mol. The Hall–Kier alpha value is -2.00. The first-order valence-corrected chi connectivity index (χ1v) is 12.2. The van der Waals surface area contributed by atoms with Gasteiger partial charge in [-0.15, -0.1) is 0 Å². The number of carbonyl (C=O) groups excluding carboxylic acids is 1. The van der Waals surface area contributed by atoms with E-state index in [0.717, 1.165) is 46.1 Å². The Morgan fingerprint density at radius 3 is 2.43 bits per heavy atom. The normalized spacial score (nSPS) is 14.5. The van der Waals surface area contributed by atoms with Crippen LogP contribution in [0.3, 0.4) is 0 Å². The van der Waals surface area contributed by atoms with Crippen LogP contribution in [0.1, 0.15) is 80.8 Å². The standard InChI is InChI=1S/C27H34O2S/c1-4-5-6-7-8-9-16-29-23-14-15-24-25(19-23)30-26(27(24)28)18-22-12-10-21(11-13-22)17-20(2)3/h10-15,18-20H,4-9,16-17H2,1-3H3. The topological polar surface area (TPSA) is 26.3 Å². The van der Waals surface area contributed by atoms with Crippen LogP contribution in [0.4, 0.5) is 0 Å². The van der Waals surface area contributed by atoms with Crippen LogP contribution in [0, 0.1) is 5.92 Å². The number of hydrogen-bond acceptors (Lipinski definition) is 3. The summed E-state index contributed by atoms with van der Waals surface area (Å²) in [6, 6.07) is 14.4. The first-order valence-electron chi connectivity index (χ1n) is 11.4. The Kier molecular flexibility index (Phi) is 8.62. The van der Waals surface area contributed by atoms with Crippen molar-refractivity contribution < 1.29 is 9.53 Å². The van der Waals surface area contributed by atoms with E-state index in [2.05, 4.69) is 45.0 Å². The predicted molar refractivity (Wildman–Crippen MR) is 128 cm³/mol. The molecule has 2 aromatic carbocycles. The minimum atomic E-state index is 0.115. The summed E-state index contributed by atoms with van der Waals surface area (Å²) >= 11 is 1.55. The third-order valence-corrected chi connectivity index (χ3v) is 6.41. The molecule has 0 aliphatic carbocycles.